The third kappa shape index (κ3) is 7.97. The Morgan fingerprint density at radius 1 is 1.33 bits per heavy atom. The first-order valence-corrected chi connectivity index (χ1v) is 5.19. The number of rotatable bonds is 3. The average molecular weight is 214 g/mol. The van der Waals surface area contributed by atoms with Crippen molar-refractivity contribution in [2.45, 2.75) is 53.6 Å². The summed E-state index contributed by atoms with van der Waals surface area (Å²) in [5.41, 5.74) is 1.85. The van der Waals surface area contributed by atoms with E-state index in [2.05, 4.69) is 17.5 Å². The number of nitrogens with zero attached hydrogens (tertiary/aromatic N) is 1. The summed E-state index contributed by atoms with van der Waals surface area (Å²) < 4.78 is 5.02. The number of ether oxygens (including phenoxy) is 1. The molecule has 0 aromatic carbocycles. The van der Waals surface area contributed by atoms with Gasteiger partial charge in [-0.3, -0.25) is 0 Å². The van der Waals surface area contributed by atoms with Crippen molar-refractivity contribution in [1.29, 1.82) is 0 Å². The van der Waals surface area contributed by atoms with Crippen LogP contribution >= 0.6 is 0 Å². The summed E-state index contributed by atoms with van der Waals surface area (Å²) in [6, 6.07) is 0. The summed E-state index contributed by atoms with van der Waals surface area (Å²) >= 11 is 0. The summed E-state index contributed by atoms with van der Waals surface area (Å²) in [5, 5.41) is 3.85. The Morgan fingerprint density at radius 3 is 2.27 bits per heavy atom. The minimum absolute atomic E-state index is 0.00495. The first kappa shape index (κ1) is 13.9. The number of hydrogen-bond acceptors (Lipinski definition) is 3. The highest BCUT2D eigenvalue weighted by molar-refractivity contribution is 5.71. The van der Waals surface area contributed by atoms with Gasteiger partial charge in [0, 0.05) is 11.6 Å². The van der Waals surface area contributed by atoms with E-state index >= 15 is 0 Å². The van der Waals surface area contributed by atoms with Gasteiger partial charge in [-0.25, -0.2) is 10.2 Å². The second-order valence-electron chi connectivity index (χ2n) is 5.21. The Labute approximate surface area is 92.1 Å². The highest BCUT2D eigenvalue weighted by Crippen LogP contribution is 2.15. The molecule has 0 saturated heterocycles. The van der Waals surface area contributed by atoms with E-state index in [-0.39, 0.29) is 5.41 Å². The van der Waals surface area contributed by atoms with Gasteiger partial charge in [-0.2, -0.15) is 5.10 Å². The fourth-order valence-electron chi connectivity index (χ4n) is 0.652. The van der Waals surface area contributed by atoms with E-state index in [0.717, 1.165) is 6.42 Å². The summed E-state index contributed by atoms with van der Waals surface area (Å²) in [6.45, 7) is 11.6. The van der Waals surface area contributed by atoms with Crippen molar-refractivity contribution in [2.24, 2.45) is 10.5 Å². The van der Waals surface area contributed by atoms with E-state index < -0.39 is 11.7 Å². The molecule has 0 rings (SSSR count). The minimum Gasteiger partial charge on any atom is -0.443 e. The van der Waals surface area contributed by atoms with Gasteiger partial charge in [0.15, 0.2) is 0 Å². The molecule has 0 unspecified atom stereocenters. The number of nitrogens with one attached hydrogen (secondary N) is 1. The lowest BCUT2D eigenvalue weighted by Gasteiger charge is -2.19. The van der Waals surface area contributed by atoms with Crippen LogP contribution in [0.15, 0.2) is 5.10 Å². The molecule has 0 aromatic rings. The van der Waals surface area contributed by atoms with Gasteiger partial charge in [-0.1, -0.05) is 20.8 Å². The maximum Gasteiger partial charge on any atom is 0.428 e. The number of carbonyl (C=O) groups excluding carboxylic acids is 1. The number of hydrazone groups is 1. The predicted octanol–water partition coefficient (Wildman–Crippen LogP) is 2.93. The van der Waals surface area contributed by atoms with Gasteiger partial charge < -0.3 is 4.74 Å². The molecule has 0 heterocycles. The number of amides is 1. The van der Waals surface area contributed by atoms with Crippen molar-refractivity contribution >= 4 is 12.3 Å². The lowest BCUT2D eigenvalue weighted by Crippen LogP contribution is -2.30. The summed E-state index contributed by atoms with van der Waals surface area (Å²) in [4.78, 5) is 11.2. The van der Waals surface area contributed by atoms with Gasteiger partial charge in [0.25, 0.3) is 0 Å². The Balaban J connectivity index is 4.02. The Morgan fingerprint density at radius 2 is 1.87 bits per heavy atom. The molecular weight excluding hydrogens is 192 g/mol. The highest BCUT2D eigenvalue weighted by Gasteiger charge is 2.16. The van der Waals surface area contributed by atoms with Crippen LogP contribution in [-0.4, -0.2) is 17.9 Å². The quantitative estimate of drug-likeness (QED) is 0.580. The standard InChI is InChI=1S/C11H22N2O2/c1-7-11(5,6)8-12-13-9(14)15-10(2,3)4/h8H,7H2,1-6H3,(H,13,14)/b12-8+. The van der Waals surface area contributed by atoms with E-state index in [1.54, 1.807) is 6.21 Å². The van der Waals surface area contributed by atoms with Crippen LogP contribution in [0.4, 0.5) is 4.79 Å². The van der Waals surface area contributed by atoms with Gasteiger partial charge in [0.2, 0.25) is 0 Å². The van der Waals surface area contributed by atoms with Crippen molar-refractivity contribution in [2.75, 3.05) is 0 Å². The topological polar surface area (TPSA) is 50.7 Å². The van der Waals surface area contributed by atoms with Crippen molar-refractivity contribution in [1.82, 2.24) is 5.43 Å². The second-order valence-corrected chi connectivity index (χ2v) is 5.21. The summed E-state index contributed by atoms with van der Waals surface area (Å²) in [7, 11) is 0. The van der Waals surface area contributed by atoms with Crippen LogP contribution in [0, 0.1) is 5.41 Å². The van der Waals surface area contributed by atoms with Crippen molar-refractivity contribution in [3.8, 4) is 0 Å². The molecule has 0 aliphatic heterocycles. The fraction of sp³-hybridized carbons (Fsp3) is 0.818. The molecule has 4 heteroatoms. The first-order chi connectivity index (χ1) is 6.66. The van der Waals surface area contributed by atoms with Crippen molar-refractivity contribution < 1.29 is 9.53 Å². The van der Waals surface area contributed by atoms with Crippen molar-refractivity contribution in [3.05, 3.63) is 0 Å². The smallest absolute Gasteiger partial charge is 0.428 e. The van der Waals surface area contributed by atoms with Gasteiger partial charge in [0.05, 0.1) is 0 Å². The molecule has 0 fully saturated rings. The van der Waals surface area contributed by atoms with Crippen LogP contribution in [0.25, 0.3) is 0 Å². The Bertz CT molecular complexity index is 239. The molecule has 0 bridgehead atoms. The lowest BCUT2D eigenvalue weighted by molar-refractivity contribution is 0.0529. The molecule has 0 spiro atoms. The normalized spacial score (nSPS) is 12.9. The fourth-order valence-corrected chi connectivity index (χ4v) is 0.652. The van der Waals surface area contributed by atoms with E-state index in [4.69, 9.17) is 4.74 Å². The Hall–Kier alpha value is -1.06. The molecule has 1 N–H and O–H groups in total. The largest absolute Gasteiger partial charge is 0.443 e. The van der Waals surface area contributed by atoms with E-state index in [1.165, 1.54) is 0 Å². The van der Waals surface area contributed by atoms with Crippen LogP contribution in [0.5, 0.6) is 0 Å². The van der Waals surface area contributed by atoms with Gasteiger partial charge >= 0.3 is 6.09 Å². The summed E-state index contributed by atoms with van der Waals surface area (Å²) in [5.74, 6) is 0. The molecule has 0 aromatic heterocycles. The summed E-state index contributed by atoms with van der Waals surface area (Å²) in [6.07, 6.45) is 2.16. The lowest BCUT2D eigenvalue weighted by atomic mass is 9.92. The molecule has 0 saturated carbocycles. The molecular formula is C11H22N2O2. The van der Waals surface area contributed by atoms with E-state index in [9.17, 15) is 4.79 Å². The maximum absolute atomic E-state index is 11.2. The van der Waals surface area contributed by atoms with Crippen LogP contribution in [0.3, 0.4) is 0 Å². The monoisotopic (exact) mass is 214 g/mol. The number of carbonyl (C=O) groups is 1. The third-order valence-electron chi connectivity index (χ3n) is 1.88. The minimum atomic E-state index is -0.523. The molecule has 15 heavy (non-hydrogen) atoms. The maximum atomic E-state index is 11.2. The number of hydrogen-bond donors (Lipinski definition) is 1. The molecule has 0 atom stereocenters. The molecule has 0 aliphatic carbocycles. The van der Waals surface area contributed by atoms with Crippen LogP contribution in [0.1, 0.15) is 48.0 Å². The zero-order chi connectivity index (χ0) is 12.1. The molecule has 0 aliphatic rings. The average Bonchev–Trinajstić information content (AvgIpc) is 2.00. The predicted molar refractivity (Wildman–Crippen MR) is 61.9 cm³/mol. The van der Waals surface area contributed by atoms with Crippen LogP contribution in [0.2, 0.25) is 0 Å². The highest BCUT2D eigenvalue weighted by atomic mass is 16.6. The zero-order valence-corrected chi connectivity index (χ0v) is 10.5. The zero-order valence-electron chi connectivity index (χ0n) is 10.5. The van der Waals surface area contributed by atoms with Crippen LogP contribution < -0.4 is 5.43 Å². The van der Waals surface area contributed by atoms with E-state index in [0.29, 0.717) is 0 Å². The Kier molecular flexibility index (Phi) is 4.78. The SMILES string of the molecule is CCC(C)(C)/C=N/NC(=O)OC(C)(C)C. The van der Waals surface area contributed by atoms with Crippen LogP contribution in [-0.2, 0) is 4.74 Å². The molecule has 0 radical (unpaired) electrons. The van der Waals surface area contributed by atoms with Gasteiger partial charge in [0.1, 0.15) is 5.60 Å². The molecule has 88 valence electrons. The second kappa shape index (κ2) is 5.14. The van der Waals surface area contributed by atoms with Crippen molar-refractivity contribution in [3.63, 3.8) is 0 Å². The van der Waals surface area contributed by atoms with Gasteiger partial charge in [-0.15, -0.1) is 0 Å². The third-order valence-corrected chi connectivity index (χ3v) is 1.88. The molecule has 4 nitrogen and oxygen atoms in total. The first-order valence-electron chi connectivity index (χ1n) is 5.19. The van der Waals surface area contributed by atoms with E-state index in [1.807, 2.05) is 34.6 Å². The van der Waals surface area contributed by atoms with Gasteiger partial charge in [-0.05, 0) is 27.2 Å². The molecule has 1 amide bonds.